The Balaban J connectivity index is -0.000000119. The fraction of sp³-hybridized carbons (Fsp3) is 0.823. The number of benzene rings is 2. The molecule has 14 nitrogen and oxygen atoms in total. The van der Waals surface area contributed by atoms with Crippen LogP contribution < -0.4 is 4.57 Å². The van der Waals surface area contributed by atoms with Gasteiger partial charge in [-0.15, -0.1) is 0 Å². The molecule has 0 amide bonds. The molecule has 664 valence electrons. The zero-order chi connectivity index (χ0) is 77.9. The van der Waals surface area contributed by atoms with Gasteiger partial charge in [0, 0.05) is 29.7 Å². The quantitative estimate of drug-likeness (QED) is 0.0302. The summed E-state index contributed by atoms with van der Waals surface area (Å²) in [5.74, 6) is 0. The number of unbranched alkanes of at least 4 members (excludes halogenated alkanes) is 30. The Bertz CT molecular complexity index is 2000. The second kappa shape index (κ2) is 91.6. The Labute approximate surface area is 690 Å². The lowest BCUT2D eigenvalue weighted by Crippen LogP contribution is -2.50. The van der Waals surface area contributed by atoms with Crippen molar-refractivity contribution in [3.8, 4) is 0 Å². The maximum Gasteiger partial charge on any atom is 0.168 e. The predicted molar refractivity (Wildman–Crippen MR) is 483 cm³/mol. The number of aromatic nitrogens is 1. The number of rotatable bonds is 58. The number of hydrogen-bond acceptors (Lipinski definition) is 7. The van der Waals surface area contributed by atoms with Gasteiger partial charge in [0.15, 0.2) is 12.4 Å². The molecule has 0 atom stereocenters. The molecule has 0 aliphatic rings. The largest absolute Gasteiger partial charge is 0.870 e. The van der Waals surface area contributed by atoms with E-state index in [1.54, 1.807) is 0 Å². The second-order valence-electron chi connectivity index (χ2n) is 34.7. The van der Waals surface area contributed by atoms with E-state index in [4.69, 9.17) is 0 Å². The van der Waals surface area contributed by atoms with Crippen LogP contribution in [0.1, 0.15) is 365 Å². The molecule has 1 aromatic heterocycles. The van der Waals surface area contributed by atoms with Gasteiger partial charge in [-0.1, -0.05) is 316 Å². The third-order valence-corrected chi connectivity index (χ3v) is 21.0. The first-order valence-electron chi connectivity index (χ1n) is 45.4. The highest BCUT2D eigenvalue weighted by atomic mass is 16.0. The lowest BCUT2D eigenvalue weighted by molar-refractivity contribution is -0.929. The molecule has 14 heteroatoms. The Hall–Kier alpha value is -2.93. The van der Waals surface area contributed by atoms with Gasteiger partial charge in [0.1, 0.15) is 19.6 Å². The minimum Gasteiger partial charge on any atom is -0.870 e. The van der Waals surface area contributed by atoms with Gasteiger partial charge in [-0.25, -0.2) is 4.57 Å². The van der Waals surface area contributed by atoms with Crippen LogP contribution in [0.2, 0.25) is 0 Å². The smallest absolute Gasteiger partial charge is 0.168 e. The normalized spacial score (nSPS) is 10.9. The Kier molecular flexibility index (Phi) is 109. The van der Waals surface area contributed by atoms with Gasteiger partial charge in [0.2, 0.25) is 0 Å². The number of hydrogen-bond donors (Lipinski definition) is 0. The van der Waals surface area contributed by atoms with E-state index in [0.717, 1.165) is 26.5 Å². The molecule has 0 spiro atoms. The van der Waals surface area contributed by atoms with Gasteiger partial charge in [-0.05, 0) is 98.3 Å². The van der Waals surface area contributed by atoms with Crippen molar-refractivity contribution in [3.63, 3.8) is 0 Å². The second-order valence-corrected chi connectivity index (χ2v) is 34.7. The Morgan fingerprint density at radius 3 is 0.682 bits per heavy atom. The fourth-order valence-corrected chi connectivity index (χ4v) is 14.6. The van der Waals surface area contributed by atoms with Crippen molar-refractivity contribution in [1.29, 1.82) is 0 Å². The standard InChI is InChI=1S/C25H46N.C21H38N.C16H36N.C12H28N.C10H16N.C8H20N.C4H12N.7H2O/c1-4-5-6-7-8-9-10-11-12-13-14-15-16-20-23-26(2,3)24-25-21-18-17-19-22-25;1-2-3-4-5-6-7-8-9-10-11-12-13-14-16-19-22-20-17-15-18-21-22;1-5-9-13-17(14-10-6-2,15-11-7-3)16-12-8-4;1-5-9-13(10-6-2,11-7-3)12-8-4;1-11(2,3)9-10-7-5-4-6-8-10;1-5-9(6-2,7-3)8-4;1-5(2,3)4;;;;;;;/h17-19,21-22H,4-16,20,23-24H2,1-3H3;15,17-18,20-21H,2-14,16,19H2,1H3;5-16H2,1-4H3;5-12H2,1-4H3;4-8H,9H2,1-3H3;5-8H2,1-4H3;1-4H3;7*1H2/q7*+1;;;;;;;/p-7. The molecule has 1 heterocycles. The van der Waals surface area contributed by atoms with E-state index in [1.807, 2.05) is 0 Å². The zero-order valence-electron chi connectivity index (χ0n) is 78.5. The first-order valence-corrected chi connectivity index (χ1v) is 45.4. The molecule has 0 saturated carbocycles. The summed E-state index contributed by atoms with van der Waals surface area (Å²) in [5.41, 5.74) is 2.86. The maximum atomic E-state index is 2.37. The van der Waals surface area contributed by atoms with E-state index in [0.29, 0.717) is 0 Å². The highest BCUT2D eigenvalue weighted by molar-refractivity contribution is 5.14. The van der Waals surface area contributed by atoms with Crippen molar-refractivity contribution in [2.45, 2.75) is 373 Å². The van der Waals surface area contributed by atoms with Crippen LogP contribution in [0, 0.1) is 0 Å². The van der Waals surface area contributed by atoms with Crippen molar-refractivity contribution in [3.05, 3.63) is 102 Å². The summed E-state index contributed by atoms with van der Waals surface area (Å²) in [6.45, 7) is 53.3. The first-order chi connectivity index (χ1) is 49.4. The number of nitrogens with zero attached hydrogens (tertiary/aromatic N) is 7. The van der Waals surface area contributed by atoms with Gasteiger partial charge < -0.3 is 65.2 Å². The van der Waals surface area contributed by atoms with E-state index >= 15 is 0 Å². The van der Waals surface area contributed by atoms with Gasteiger partial charge in [-0.2, -0.15) is 0 Å². The van der Waals surface area contributed by atoms with Crippen molar-refractivity contribution < 1.29 is 69.8 Å². The molecule has 0 aliphatic carbocycles. The van der Waals surface area contributed by atoms with Crippen LogP contribution in [0.25, 0.3) is 0 Å². The molecule has 3 rings (SSSR count). The average Bonchev–Trinajstić information content (AvgIpc) is 0.892. The van der Waals surface area contributed by atoms with Crippen LogP contribution in [0.5, 0.6) is 0 Å². The van der Waals surface area contributed by atoms with Crippen molar-refractivity contribution in [2.75, 3.05) is 149 Å². The lowest BCUT2D eigenvalue weighted by Gasteiger charge is -2.39. The van der Waals surface area contributed by atoms with E-state index in [1.165, 1.54) is 373 Å². The monoisotopic (exact) mass is 1570 g/mol. The molecule has 0 aliphatic heterocycles. The van der Waals surface area contributed by atoms with Crippen LogP contribution in [-0.4, -0.2) is 214 Å². The molecule has 110 heavy (non-hydrogen) atoms. The van der Waals surface area contributed by atoms with Crippen molar-refractivity contribution >= 4 is 0 Å². The molecule has 7 N–H and O–H groups in total. The highest BCUT2D eigenvalue weighted by Crippen LogP contribution is 2.20. The number of pyridine rings is 1. The number of aryl methyl sites for hydroxylation is 1. The van der Waals surface area contributed by atoms with Crippen molar-refractivity contribution in [2.24, 2.45) is 0 Å². The molecule has 2 aromatic carbocycles. The SMILES string of the molecule is CCCCCCCCCCCCCCCC[N+](C)(C)Cc1ccccc1.CCCCCCCCCCCCCCCC[n+]1ccccc1.CCCC[N+](CCCC)(CCCC)CCCC.CCC[N+](CCC)(CCC)CCC.CC[N+](CC)(CC)CC.C[N+](C)(C)C.C[N+](C)(C)Cc1ccccc1.[OH-].[OH-].[OH-].[OH-].[OH-].[OH-].[OH-]. The third kappa shape index (κ3) is 90.6. The Morgan fingerprint density at radius 2 is 0.445 bits per heavy atom. The topological polar surface area (TPSA) is 214 Å². The summed E-state index contributed by atoms with van der Waals surface area (Å²) in [6.07, 6.45) is 61.0. The van der Waals surface area contributed by atoms with E-state index in [-0.39, 0.29) is 38.3 Å². The summed E-state index contributed by atoms with van der Waals surface area (Å²) >= 11 is 0. The zero-order valence-corrected chi connectivity index (χ0v) is 78.5. The molecule has 3 aromatic rings. The summed E-state index contributed by atoms with van der Waals surface area (Å²) in [7, 11) is 19.8. The summed E-state index contributed by atoms with van der Waals surface area (Å²) in [5, 5.41) is 0. The predicted octanol–water partition coefficient (Wildman–Crippen LogP) is 25.5. The third-order valence-electron chi connectivity index (χ3n) is 21.0. The molecule has 0 radical (unpaired) electrons. The van der Waals surface area contributed by atoms with E-state index < -0.39 is 0 Å². The van der Waals surface area contributed by atoms with E-state index in [9.17, 15) is 0 Å². The maximum absolute atomic E-state index is 2.37. The molecule has 0 fully saturated rings. The molecule has 0 saturated heterocycles. The van der Waals surface area contributed by atoms with Crippen LogP contribution >= 0.6 is 0 Å². The van der Waals surface area contributed by atoms with E-state index in [2.05, 4.69) is 256 Å². The average molecular weight is 1570 g/mol. The van der Waals surface area contributed by atoms with Gasteiger partial charge in [0.05, 0.1) is 149 Å². The molecule has 0 bridgehead atoms. The van der Waals surface area contributed by atoms with Crippen LogP contribution in [0.15, 0.2) is 91.3 Å². The van der Waals surface area contributed by atoms with Crippen LogP contribution in [-0.2, 0) is 19.6 Å². The molecular formula is C96H203N7O7. The van der Waals surface area contributed by atoms with Crippen molar-refractivity contribution in [1.82, 2.24) is 0 Å². The molecule has 0 unspecified atom stereocenters. The molecular weight excluding hydrogens is 1360 g/mol. The summed E-state index contributed by atoms with van der Waals surface area (Å²) < 4.78 is 9.47. The summed E-state index contributed by atoms with van der Waals surface area (Å²) in [4.78, 5) is 0. The minimum atomic E-state index is 0. The minimum absolute atomic E-state index is 0. The van der Waals surface area contributed by atoms with Gasteiger partial charge >= 0.3 is 0 Å². The van der Waals surface area contributed by atoms with Crippen LogP contribution in [0.3, 0.4) is 0 Å². The Morgan fingerprint density at radius 1 is 0.218 bits per heavy atom. The first kappa shape index (κ1) is 131. The fourth-order valence-electron chi connectivity index (χ4n) is 14.6. The number of quaternary nitrogens is 6. The van der Waals surface area contributed by atoms with Gasteiger partial charge in [0.25, 0.3) is 0 Å². The summed E-state index contributed by atoms with van der Waals surface area (Å²) in [6, 6.07) is 27.8. The lowest BCUT2D eigenvalue weighted by atomic mass is 10.0. The van der Waals surface area contributed by atoms with Gasteiger partial charge in [-0.3, -0.25) is 0 Å². The van der Waals surface area contributed by atoms with Crippen LogP contribution in [0.4, 0.5) is 0 Å². The highest BCUT2D eigenvalue weighted by Gasteiger charge is 2.26.